The van der Waals surface area contributed by atoms with Gasteiger partial charge in [-0.15, -0.1) is 0 Å². The molecule has 0 bridgehead atoms. The Morgan fingerprint density at radius 1 is 1.32 bits per heavy atom. The summed E-state index contributed by atoms with van der Waals surface area (Å²) < 4.78 is 5.43. The third-order valence-electron chi connectivity index (χ3n) is 3.26. The maximum absolute atomic E-state index is 5.43. The van der Waals surface area contributed by atoms with E-state index in [2.05, 4.69) is 42.0 Å². The molecule has 0 unspecified atom stereocenters. The number of pyridine rings is 1. The summed E-state index contributed by atoms with van der Waals surface area (Å²) in [6, 6.07) is 2.19. The lowest BCUT2D eigenvalue weighted by atomic mass is 10.1. The van der Waals surface area contributed by atoms with Crippen LogP contribution in [0.5, 0.6) is 0 Å². The van der Waals surface area contributed by atoms with Crippen LogP contribution in [0.25, 0.3) is 0 Å². The Morgan fingerprint density at radius 3 is 2.63 bits per heavy atom. The molecule has 0 radical (unpaired) electrons. The molecule has 0 amide bonds. The quantitative estimate of drug-likeness (QED) is 0.906. The lowest BCUT2D eigenvalue weighted by Gasteiger charge is -2.31. The van der Waals surface area contributed by atoms with Gasteiger partial charge in [-0.25, -0.2) is 0 Å². The minimum absolute atomic E-state index is 0.118. The third-order valence-corrected chi connectivity index (χ3v) is 3.26. The van der Waals surface area contributed by atoms with Crippen molar-refractivity contribution in [1.82, 2.24) is 10.3 Å². The highest BCUT2D eigenvalue weighted by molar-refractivity contribution is 5.54. The number of hydrogen-bond acceptors (Lipinski definition) is 4. The first kappa shape index (κ1) is 14.3. The molecule has 19 heavy (non-hydrogen) atoms. The van der Waals surface area contributed by atoms with Gasteiger partial charge in [-0.2, -0.15) is 0 Å². The van der Waals surface area contributed by atoms with Crippen LogP contribution < -0.4 is 10.2 Å². The number of hydrogen-bond donors (Lipinski definition) is 1. The number of aromatic nitrogens is 1. The Hall–Kier alpha value is -1.13. The monoisotopic (exact) mass is 263 g/mol. The highest BCUT2D eigenvalue weighted by Crippen LogP contribution is 2.22. The van der Waals surface area contributed by atoms with Crippen molar-refractivity contribution in [3.63, 3.8) is 0 Å². The van der Waals surface area contributed by atoms with Crippen LogP contribution in [0.2, 0.25) is 0 Å². The molecule has 0 aliphatic carbocycles. The van der Waals surface area contributed by atoms with Gasteiger partial charge in [0.25, 0.3) is 0 Å². The van der Waals surface area contributed by atoms with E-state index in [1.807, 2.05) is 13.1 Å². The molecule has 0 saturated carbocycles. The summed E-state index contributed by atoms with van der Waals surface area (Å²) in [5.41, 5.74) is 3.75. The van der Waals surface area contributed by atoms with E-state index in [0.29, 0.717) is 0 Å². The Labute approximate surface area is 116 Å². The molecule has 4 heteroatoms. The van der Waals surface area contributed by atoms with Gasteiger partial charge in [0.15, 0.2) is 0 Å². The summed E-state index contributed by atoms with van der Waals surface area (Å²) in [6.07, 6.45) is 2.00. The predicted molar refractivity (Wildman–Crippen MR) is 78.6 cm³/mol. The summed E-state index contributed by atoms with van der Waals surface area (Å²) in [4.78, 5) is 6.84. The van der Waals surface area contributed by atoms with Crippen molar-refractivity contribution < 1.29 is 4.74 Å². The van der Waals surface area contributed by atoms with E-state index in [1.54, 1.807) is 0 Å². The number of morpholine rings is 1. The van der Waals surface area contributed by atoms with Gasteiger partial charge >= 0.3 is 0 Å². The maximum atomic E-state index is 5.43. The van der Waals surface area contributed by atoms with Gasteiger partial charge in [0.2, 0.25) is 0 Å². The zero-order chi connectivity index (χ0) is 13.9. The van der Waals surface area contributed by atoms with Crippen molar-refractivity contribution in [3.05, 3.63) is 23.5 Å². The van der Waals surface area contributed by atoms with Crippen LogP contribution in [0, 0.1) is 6.92 Å². The van der Waals surface area contributed by atoms with Gasteiger partial charge in [-0.05, 0) is 33.8 Å². The molecular formula is C15H25N3O. The molecule has 4 nitrogen and oxygen atoms in total. The number of anilines is 1. The Kier molecular flexibility index (Phi) is 4.42. The fourth-order valence-electron chi connectivity index (χ4n) is 2.17. The summed E-state index contributed by atoms with van der Waals surface area (Å²) in [5.74, 6) is 0. The largest absolute Gasteiger partial charge is 0.378 e. The molecule has 1 saturated heterocycles. The molecule has 0 aromatic carbocycles. The summed E-state index contributed by atoms with van der Waals surface area (Å²) in [5, 5.41) is 3.54. The van der Waals surface area contributed by atoms with Crippen LogP contribution in [0.3, 0.4) is 0 Å². The summed E-state index contributed by atoms with van der Waals surface area (Å²) >= 11 is 0. The number of nitrogens with one attached hydrogen (secondary N) is 1. The van der Waals surface area contributed by atoms with Crippen LogP contribution in [-0.4, -0.2) is 36.8 Å². The highest BCUT2D eigenvalue weighted by atomic mass is 16.5. The fraction of sp³-hybridized carbons (Fsp3) is 0.667. The molecule has 1 aliphatic rings. The van der Waals surface area contributed by atoms with Crippen LogP contribution >= 0.6 is 0 Å². The number of aryl methyl sites for hydroxylation is 1. The van der Waals surface area contributed by atoms with Gasteiger partial charge in [0.05, 0.1) is 13.2 Å². The number of rotatable bonds is 3. The van der Waals surface area contributed by atoms with Gasteiger partial charge in [0.1, 0.15) is 0 Å². The molecule has 1 N–H and O–H groups in total. The molecule has 1 fully saturated rings. The molecule has 2 rings (SSSR count). The number of nitrogens with zero attached hydrogens (tertiary/aromatic N) is 2. The Bertz CT molecular complexity index is 420. The molecule has 1 aromatic heterocycles. The van der Waals surface area contributed by atoms with E-state index < -0.39 is 0 Å². The average molecular weight is 263 g/mol. The van der Waals surface area contributed by atoms with Crippen LogP contribution in [-0.2, 0) is 11.3 Å². The molecular weight excluding hydrogens is 238 g/mol. The normalized spacial score (nSPS) is 16.7. The second-order valence-corrected chi connectivity index (χ2v) is 6.16. The Balaban J connectivity index is 2.17. The molecule has 106 valence electrons. The first-order chi connectivity index (χ1) is 8.96. The van der Waals surface area contributed by atoms with Crippen molar-refractivity contribution in [3.8, 4) is 0 Å². The minimum atomic E-state index is 0.118. The van der Waals surface area contributed by atoms with Crippen LogP contribution in [0.1, 0.15) is 32.0 Å². The van der Waals surface area contributed by atoms with Gasteiger partial charge < -0.3 is 15.0 Å². The summed E-state index contributed by atoms with van der Waals surface area (Å²) in [6.45, 7) is 13.0. The predicted octanol–water partition coefficient (Wildman–Crippen LogP) is 2.11. The smallest absolute Gasteiger partial charge is 0.0642 e. The molecule has 1 aliphatic heterocycles. The average Bonchev–Trinajstić information content (AvgIpc) is 2.37. The van der Waals surface area contributed by atoms with E-state index in [1.165, 1.54) is 11.3 Å². The van der Waals surface area contributed by atoms with Crippen molar-refractivity contribution in [2.24, 2.45) is 0 Å². The second-order valence-electron chi connectivity index (χ2n) is 6.16. The van der Waals surface area contributed by atoms with E-state index in [-0.39, 0.29) is 5.54 Å². The van der Waals surface area contributed by atoms with Crippen molar-refractivity contribution in [2.45, 2.75) is 39.8 Å². The van der Waals surface area contributed by atoms with Gasteiger partial charge in [-0.3, -0.25) is 4.98 Å². The van der Waals surface area contributed by atoms with Crippen LogP contribution in [0.4, 0.5) is 5.69 Å². The zero-order valence-electron chi connectivity index (χ0n) is 12.5. The maximum Gasteiger partial charge on any atom is 0.0642 e. The fourth-order valence-corrected chi connectivity index (χ4v) is 2.17. The highest BCUT2D eigenvalue weighted by Gasteiger charge is 2.17. The minimum Gasteiger partial charge on any atom is -0.378 e. The van der Waals surface area contributed by atoms with Crippen LogP contribution in [0.15, 0.2) is 12.3 Å². The summed E-state index contributed by atoms with van der Waals surface area (Å²) in [7, 11) is 0. The Morgan fingerprint density at radius 2 is 2.00 bits per heavy atom. The van der Waals surface area contributed by atoms with Crippen molar-refractivity contribution in [2.75, 3.05) is 31.2 Å². The van der Waals surface area contributed by atoms with Crippen molar-refractivity contribution >= 4 is 5.69 Å². The third kappa shape index (κ3) is 4.18. The standard InChI is InChI=1S/C15H25N3O/c1-12-9-14(18-5-7-19-8-6-18)13(10-16-12)11-17-15(2,3)4/h9-10,17H,5-8,11H2,1-4H3. The van der Waals surface area contributed by atoms with Gasteiger partial charge in [-0.1, -0.05) is 0 Å². The number of ether oxygens (including phenoxy) is 1. The second kappa shape index (κ2) is 5.88. The van der Waals surface area contributed by atoms with E-state index in [4.69, 9.17) is 4.74 Å². The topological polar surface area (TPSA) is 37.4 Å². The van der Waals surface area contributed by atoms with E-state index >= 15 is 0 Å². The van der Waals surface area contributed by atoms with Crippen molar-refractivity contribution in [1.29, 1.82) is 0 Å². The van der Waals surface area contributed by atoms with E-state index in [9.17, 15) is 0 Å². The molecule has 0 atom stereocenters. The van der Waals surface area contributed by atoms with E-state index in [0.717, 1.165) is 38.5 Å². The first-order valence-electron chi connectivity index (χ1n) is 6.99. The SMILES string of the molecule is Cc1cc(N2CCOCC2)c(CNC(C)(C)C)cn1. The lowest BCUT2D eigenvalue weighted by molar-refractivity contribution is 0.122. The lowest BCUT2D eigenvalue weighted by Crippen LogP contribution is -2.39. The van der Waals surface area contributed by atoms with Gasteiger partial charge in [0, 0.05) is 48.3 Å². The molecule has 2 heterocycles. The first-order valence-corrected chi connectivity index (χ1v) is 6.99. The molecule has 0 spiro atoms. The zero-order valence-corrected chi connectivity index (χ0v) is 12.5. The molecule has 1 aromatic rings.